The number of primary amides is 1. The van der Waals surface area contributed by atoms with E-state index in [1.807, 2.05) is 18.2 Å². The number of benzene rings is 4. The van der Waals surface area contributed by atoms with Crippen LogP contribution >= 0.6 is 11.8 Å². The van der Waals surface area contributed by atoms with Gasteiger partial charge in [-0.15, -0.1) is 11.8 Å². The highest BCUT2D eigenvalue weighted by Gasteiger charge is 2.39. The fraction of sp³-hybridized carbons (Fsp3) is 0.481. The molecule has 6 aromatic rings. The van der Waals surface area contributed by atoms with E-state index < -0.39 is 211 Å². The molecule has 0 spiro atoms. The number of aliphatic hydroxyl groups excluding tert-OH is 2. The zero-order valence-corrected chi connectivity index (χ0v) is 68.5. The van der Waals surface area contributed by atoms with Gasteiger partial charge in [0, 0.05) is 65.8 Å². The summed E-state index contributed by atoms with van der Waals surface area (Å²) in [6.07, 6.45) is 2.37. The maximum atomic E-state index is 15.1. The monoisotopic (exact) mass is 1680 g/mol. The van der Waals surface area contributed by atoms with Crippen molar-refractivity contribution in [2.45, 2.75) is 191 Å². The summed E-state index contributed by atoms with van der Waals surface area (Å²) in [7, 11) is 0. The fourth-order valence-electron chi connectivity index (χ4n) is 13.4. The Kier molecular flexibility index (Phi) is 37.5. The normalized spacial score (nSPS) is 23.3. The van der Waals surface area contributed by atoms with E-state index in [0.29, 0.717) is 51.3 Å². The van der Waals surface area contributed by atoms with Crippen molar-refractivity contribution in [3.63, 3.8) is 0 Å². The number of carbonyl (C=O) groups is 15. The number of aliphatic carboxylic acids is 1. The average molecular weight is 1690 g/mol. The van der Waals surface area contributed by atoms with Gasteiger partial charge in [-0.05, 0) is 96.5 Å². The Balaban J connectivity index is 1.26. The van der Waals surface area contributed by atoms with E-state index in [4.69, 9.17) is 22.6 Å². The highest BCUT2D eigenvalue weighted by atomic mass is 32.2. The first-order chi connectivity index (χ1) is 57.3. The molecular formula is C81H112N20O18S. The third-order valence-corrected chi connectivity index (χ3v) is 21.4. The maximum Gasteiger partial charge on any atom is 0.305 e. The summed E-state index contributed by atoms with van der Waals surface area (Å²) in [5.41, 5.74) is 20.0. The highest BCUT2D eigenvalue weighted by molar-refractivity contribution is 8.00. The maximum absolute atomic E-state index is 15.1. The molecule has 2 aromatic heterocycles. The van der Waals surface area contributed by atoms with Crippen molar-refractivity contribution >= 4 is 139 Å². The Hall–Kier alpha value is -12.2. The highest BCUT2D eigenvalue weighted by Crippen LogP contribution is 2.24. The molecule has 4 aromatic carbocycles. The number of nitrogens with two attached hydrogens (primary N) is 3. The number of guanidine groups is 1. The Labute approximate surface area is 696 Å². The summed E-state index contributed by atoms with van der Waals surface area (Å²) in [6.45, 7) is 5.39. The number of aliphatic hydroxyl groups is 2. The van der Waals surface area contributed by atoms with Crippen LogP contribution in [0.2, 0.25) is 0 Å². The largest absolute Gasteiger partial charge is 0.481 e. The van der Waals surface area contributed by atoms with Crippen LogP contribution in [0.1, 0.15) is 116 Å². The van der Waals surface area contributed by atoms with E-state index in [-0.39, 0.29) is 83.1 Å². The topological polar surface area (TPSA) is 619 Å². The molecule has 0 bridgehead atoms. The molecule has 26 N–H and O–H groups in total. The van der Waals surface area contributed by atoms with Gasteiger partial charge in [-0.1, -0.05) is 133 Å². The van der Waals surface area contributed by atoms with Gasteiger partial charge in [-0.3, -0.25) is 77.3 Å². The van der Waals surface area contributed by atoms with Crippen LogP contribution < -0.4 is 91.6 Å². The summed E-state index contributed by atoms with van der Waals surface area (Å²) >= 11 is 0.777. The summed E-state index contributed by atoms with van der Waals surface area (Å²) in [4.78, 5) is 221. The van der Waals surface area contributed by atoms with Gasteiger partial charge in [0.25, 0.3) is 0 Å². The van der Waals surface area contributed by atoms with Gasteiger partial charge in [0.15, 0.2) is 5.96 Å². The summed E-state index contributed by atoms with van der Waals surface area (Å²) in [5.74, 6) is -18.5. The molecule has 13 atom stereocenters. The molecule has 0 saturated carbocycles. The van der Waals surface area contributed by atoms with Gasteiger partial charge in [0.05, 0.1) is 31.9 Å². The number of carboxylic acids is 1. The predicted molar refractivity (Wildman–Crippen MR) is 447 cm³/mol. The molecule has 38 nitrogen and oxygen atoms in total. The fourth-order valence-corrected chi connectivity index (χ4v) is 14.3. The molecule has 0 unspecified atom stereocenters. The number of unbranched alkanes of at least 4 members (excludes halogenated alkanes) is 2. The van der Waals surface area contributed by atoms with E-state index in [2.05, 4.69) is 84.4 Å². The summed E-state index contributed by atoms with van der Waals surface area (Å²) in [5, 5.41) is 78.0. The first kappa shape index (κ1) is 94.9. The number of carboxylic acid groups (broad SMARTS) is 1. The average Bonchev–Trinajstić information content (AvgIpc) is 1.57. The van der Waals surface area contributed by atoms with Gasteiger partial charge in [-0.2, -0.15) is 0 Å². The van der Waals surface area contributed by atoms with Crippen molar-refractivity contribution in [3.8, 4) is 0 Å². The molecule has 1 fully saturated rings. The van der Waals surface area contributed by atoms with E-state index in [1.54, 1.807) is 120 Å². The Bertz CT molecular complexity index is 4620. The predicted octanol–water partition coefficient (Wildman–Crippen LogP) is -2.26. The van der Waals surface area contributed by atoms with Gasteiger partial charge in [0.2, 0.25) is 82.7 Å². The molecular weight excluding hydrogens is 1570 g/mol. The molecule has 14 amide bonds. The molecule has 0 aliphatic carbocycles. The van der Waals surface area contributed by atoms with Gasteiger partial charge in [0.1, 0.15) is 72.5 Å². The Morgan fingerprint density at radius 2 is 0.958 bits per heavy atom. The number of hydrogen-bond donors (Lipinski definition) is 23. The first-order valence-electron chi connectivity index (χ1n) is 39.9. The van der Waals surface area contributed by atoms with Gasteiger partial charge < -0.3 is 117 Å². The van der Waals surface area contributed by atoms with E-state index >= 15 is 19.2 Å². The van der Waals surface area contributed by atoms with Crippen LogP contribution in [0.25, 0.3) is 32.6 Å². The molecule has 1 saturated heterocycles. The molecule has 1 aliphatic heterocycles. The number of nitrogens with one attached hydrogen (secondary N) is 17. The first-order valence-corrected chi connectivity index (χ1v) is 41.1. The van der Waals surface area contributed by atoms with Crippen molar-refractivity contribution in [1.29, 1.82) is 5.41 Å². The molecule has 120 heavy (non-hydrogen) atoms. The smallest absolute Gasteiger partial charge is 0.305 e. The number of H-pyrrole nitrogens is 2. The molecule has 7 rings (SSSR count). The lowest BCUT2D eigenvalue weighted by molar-refractivity contribution is -0.141. The van der Waals surface area contributed by atoms with Crippen LogP contribution in [-0.2, 0) is 91.2 Å². The number of thioether (sulfide) groups is 1. The third kappa shape index (κ3) is 28.8. The van der Waals surface area contributed by atoms with Crippen LogP contribution in [0.4, 0.5) is 0 Å². The van der Waals surface area contributed by atoms with Crippen LogP contribution in [0.5, 0.6) is 0 Å². The number of carbonyl (C=O) groups excluding carboxylic acids is 14. The molecule has 1 aliphatic rings. The number of aromatic amines is 2. The molecule has 650 valence electrons. The van der Waals surface area contributed by atoms with Crippen LogP contribution in [0, 0.1) is 17.2 Å². The van der Waals surface area contributed by atoms with Crippen LogP contribution in [-0.4, -0.2) is 237 Å². The van der Waals surface area contributed by atoms with Crippen molar-refractivity contribution in [2.24, 2.45) is 29.0 Å². The number of para-hydroxylation sites is 2. The van der Waals surface area contributed by atoms with E-state index in [1.165, 1.54) is 0 Å². The number of fused-ring (bicyclic) bond motifs is 3. The number of rotatable bonds is 25. The quantitative estimate of drug-likeness (QED) is 0.0163. The van der Waals surface area contributed by atoms with Crippen molar-refractivity contribution < 1.29 is 87.2 Å². The van der Waals surface area contributed by atoms with E-state index in [0.717, 1.165) is 22.5 Å². The summed E-state index contributed by atoms with van der Waals surface area (Å²) < 4.78 is 0. The van der Waals surface area contributed by atoms with Gasteiger partial charge in [-0.25, -0.2) is 0 Å². The second-order valence-electron chi connectivity index (χ2n) is 29.9. The lowest BCUT2D eigenvalue weighted by Crippen LogP contribution is -2.61. The standard InChI is InChI=1S/C81H112N20O18S/c1-6-8-22-55-72(111)92-56(26-17-30-86-81(84)85)73(112)95-59(34-49-37-88-53-24-14-12-21-51(49)53)77(116)100-67(43(3)4)79(118)99-63(69(83)108)41-120-42-65(105)91-62(40-103)78(117)94-57(32-45-27-28-46-18-9-10-19-47(46)31-45)76(115)101-68(44(5)7-2)80(119)98-61(39-102)70(109)89-38-64(104)90-54(25-15-16-29-82)71(110)97-60(35-66(106)107)75(114)96-58(74(113)93-55)33-48-36-87-52-23-13-11-20-50(48)52/h9-14,18-21,23-24,27-28,31,36-37,43-44,54-63,67-68,87-88,102-103H,6-8,15-17,22,25-26,29-30,32-35,38-42,82H2,1-5H3,(H2,83,108)(H,89,109)(H,90,104)(H,91,105)(H,92,111)(H,93,113)(H,94,117)(H,95,112)(H,96,114)(H,97,110)(H,98,119)(H,99,118)(H,100,116)(H,101,115)(H,106,107)(H4,84,85,86)/t44-,54-,55-,56+,57-,58-,59-,60-,61-,62-,63-,67-,68+/m0/s1. The minimum Gasteiger partial charge on any atom is -0.481 e. The van der Waals surface area contributed by atoms with Crippen molar-refractivity contribution in [2.75, 3.05) is 44.4 Å². The zero-order chi connectivity index (χ0) is 87.7. The minimum absolute atomic E-state index is 0.00359. The Morgan fingerprint density at radius 3 is 1.50 bits per heavy atom. The lowest BCUT2D eigenvalue weighted by Gasteiger charge is -2.29. The molecule has 3 heterocycles. The zero-order valence-electron chi connectivity index (χ0n) is 67.6. The van der Waals surface area contributed by atoms with E-state index in [9.17, 15) is 68.1 Å². The van der Waals surface area contributed by atoms with Gasteiger partial charge >= 0.3 is 5.97 Å². The molecule has 39 heteroatoms. The molecule has 0 radical (unpaired) electrons. The SMILES string of the molecule is CCCC[C@@H]1NC(=O)[C@H](Cc2c[nH]c3ccccc23)NC(=O)[C@H](CC(=O)O)NC(=O)[C@H](CCCCN)NC(=O)CNC(=O)[C@H](CO)NC(=O)[C@@H]([C@@H](C)CC)NC(=O)[C@H](Cc2ccc3ccccc3c2)NC(=O)[C@H](CO)NC(=O)CSC[C@@H](C(N)=O)NC(=O)[C@H](C(C)C)NC(=O)[C@H](Cc2c[nH]c3ccccc23)NC(=O)[C@@H](CCCNC(=N)N)NC1=O. The third-order valence-electron chi connectivity index (χ3n) is 20.3. The van der Waals surface area contributed by atoms with Crippen LogP contribution in [0.3, 0.4) is 0 Å². The van der Waals surface area contributed by atoms with Crippen molar-refractivity contribution in [1.82, 2.24) is 84.4 Å². The second-order valence-corrected chi connectivity index (χ2v) is 30.9. The second kappa shape index (κ2) is 47.4. The number of aromatic nitrogens is 2. The lowest BCUT2D eigenvalue weighted by atomic mass is 9.96. The van der Waals surface area contributed by atoms with Crippen LogP contribution in [0.15, 0.2) is 103 Å². The Morgan fingerprint density at radius 1 is 0.500 bits per heavy atom. The summed E-state index contributed by atoms with van der Waals surface area (Å²) in [6, 6.07) is 7.16. The number of hydrogen-bond acceptors (Lipinski definition) is 20. The van der Waals surface area contributed by atoms with Crippen molar-refractivity contribution in [3.05, 3.63) is 120 Å². The number of amides is 14. The minimum atomic E-state index is -1.98.